The third-order valence-corrected chi connectivity index (χ3v) is 8.68. The van der Waals surface area contributed by atoms with Gasteiger partial charge in [-0.3, -0.25) is 4.79 Å². The second kappa shape index (κ2) is 6.97. The standard InChI is InChI=1S/C19H24BrNO3S/c1-3-5-15-9-12-17(20)19(13-4-6-18(19)22)21(15)25(23,24)16-10-7-14(2)8-11-16/h3,7-8,10-11,15,17H,1,4-6,9,12-13H2,2H3/t15-,17-,19+/m1/s1. The topological polar surface area (TPSA) is 54.5 Å². The van der Waals surface area contributed by atoms with Crippen molar-refractivity contribution < 1.29 is 13.2 Å². The van der Waals surface area contributed by atoms with Crippen LogP contribution in [0, 0.1) is 6.92 Å². The molecule has 25 heavy (non-hydrogen) atoms. The average Bonchev–Trinajstić information content (AvgIpc) is 2.94. The van der Waals surface area contributed by atoms with Crippen molar-refractivity contribution in [2.45, 2.75) is 66.8 Å². The third kappa shape index (κ3) is 3.02. The first-order valence-corrected chi connectivity index (χ1v) is 11.1. The van der Waals surface area contributed by atoms with Gasteiger partial charge in [-0.2, -0.15) is 4.31 Å². The van der Waals surface area contributed by atoms with E-state index < -0.39 is 15.6 Å². The Balaban J connectivity index is 2.16. The van der Waals surface area contributed by atoms with Crippen LogP contribution in [0.15, 0.2) is 41.8 Å². The number of Topliss-reactive ketones (excluding diaryl/α,β-unsaturated/α-hetero) is 1. The van der Waals surface area contributed by atoms with Crippen LogP contribution in [-0.4, -0.2) is 34.9 Å². The highest BCUT2D eigenvalue weighted by molar-refractivity contribution is 9.09. The van der Waals surface area contributed by atoms with E-state index in [1.165, 1.54) is 4.31 Å². The number of ketones is 1. The van der Waals surface area contributed by atoms with Gasteiger partial charge in [0.15, 0.2) is 5.78 Å². The lowest BCUT2D eigenvalue weighted by Gasteiger charge is -2.50. The molecule has 136 valence electrons. The summed E-state index contributed by atoms with van der Waals surface area (Å²) in [5.74, 6) is 0.0406. The number of rotatable bonds is 4. The van der Waals surface area contributed by atoms with E-state index in [0.29, 0.717) is 19.3 Å². The molecule has 0 N–H and O–H groups in total. The largest absolute Gasteiger partial charge is 0.298 e. The zero-order chi connectivity index (χ0) is 18.2. The molecule has 0 unspecified atom stereocenters. The quantitative estimate of drug-likeness (QED) is 0.541. The Morgan fingerprint density at radius 3 is 2.56 bits per heavy atom. The molecule has 2 aliphatic rings. The first kappa shape index (κ1) is 18.8. The monoisotopic (exact) mass is 425 g/mol. The van der Waals surface area contributed by atoms with Crippen molar-refractivity contribution in [3.63, 3.8) is 0 Å². The molecule has 6 heteroatoms. The van der Waals surface area contributed by atoms with Gasteiger partial charge in [0.25, 0.3) is 0 Å². The Morgan fingerprint density at radius 1 is 1.32 bits per heavy atom. The Morgan fingerprint density at radius 2 is 2.00 bits per heavy atom. The summed E-state index contributed by atoms with van der Waals surface area (Å²) in [7, 11) is -3.77. The van der Waals surface area contributed by atoms with E-state index in [0.717, 1.165) is 24.8 Å². The number of benzene rings is 1. The van der Waals surface area contributed by atoms with Gasteiger partial charge in [-0.25, -0.2) is 8.42 Å². The van der Waals surface area contributed by atoms with Crippen LogP contribution in [0.4, 0.5) is 0 Å². The lowest BCUT2D eigenvalue weighted by Crippen LogP contribution is -2.65. The van der Waals surface area contributed by atoms with Gasteiger partial charge in [-0.05, 0) is 51.2 Å². The van der Waals surface area contributed by atoms with Gasteiger partial charge in [-0.15, -0.1) is 6.58 Å². The molecular formula is C19H24BrNO3S. The maximum Gasteiger partial charge on any atom is 0.244 e. The number of alkyl halides is 1. The molecule has 1 aromatic rings. The summed E-state index contributed by atoms with van der Waals surface area (Å²) in [5.41, 5.74) is 0.0422. The molecule has 1 heterocycles. The van der Waals surface area contributed by atoms with E-state index in [9.17, 15) is 13.2 Å². The van der Waals surface area contributed by atoms with Gasteiger partial charge in [-0.1, -0.05) is 39.7 Å². The zero-order valence-electron chi connectivity index (χ0n) is 14.4. The van der Waals surface area contributed by atoms with Crippen LogP contribution in [-0.2, 0) is 14.8 Å². The Labute approximate surface area is 158 Å². The molecule has 1 spiro atoms. The first-order valence-electron chi connectivity index (χ1n) is 8.73. The van der Waals surface area contributed by atoms with Crippen molar-refractivity contribution in [3.05, 3.63) is 42.5 Å². The van der Waals surface area contributed by atoms with Crippen LogP contribution in [0.5, 0.6) is 0 Å². The highest BCUT2D eigenvalue weighted by atomic mass is 79.9. The van der Waals surface area contributed by atoms with Gasteiger partial charge in [0.1, 0.15) is 5.54 Å². The van der Waals surface area contributed by atoms with E-state index in [2.05, 4.69) is 22.5 Å². The van der Waals surface area contributed by atoms with Gasteiger partial charge in [0.05, 0.1) is 4.90 Å². The smallest absolute Gasteiger partial charge is 0.244 e. The van der Waals surface area contributed by atoms with Crippen molar-refractivity contribution >= 4 is 31.7 Å². The Kier molecular flexibility index (Phi) is 5.24. The summed E-state index contributed by atoms with van der Waals surface area (Å²) < 4.78 is 28.6. The van der Waals surface area contributed by atoms with Crippen molar-refractivity contribution in [2.24, 2.45) is 0 Å². The van der Waals surface area contributed by atoms with E-state index in [-0.39, 0.29) is 21.5 Å². The van der Waals surface area contributed by atoms with Crippen LogP contribution < -0.4 is 0 Å². The third-order valence-electron chi connectivity index (χ3n) is 5.46. The number of halogens is 1. The molecule has 2 fully saturated rings. The van der Waals surface area contributed by atoms with E-state index in [4.69, 9.17) is 0 Å². The number of nitrogens with zero attached hydrogens (tertiary/aromatic N) is 1. The molecule has 1 saturated heterocycles. The molecule has 1 aromatic carbocycles. The molecule has 4 nitrogen and oxygen atoms in total. The number of hydrogen-bond acceptors (Lipinski definition) is 3. The molecule has 0 bridgehead atoms. The lowest BCUT2D eigenvalue weighted by atomic mass is 9.82. The van der Waals surface area contributed by atoms with Crippen molar-refractivity contribution in [1.29, 1.82) is 0 Å². The van der Waals surface area contributed by atoms with Gasteiger partial charge in [0.2, 0.25) is 10.0 Å². The molecule has 1 aliphatic carbocycles. The maximum atomic E-state index is 13.6. The number of carbonyl (C=O) groups is 1. The van der Waals surface area contributed by atoms with Gasteiger partial charge in [0, 0.05) is 17.3 Å². The summed E-state index contributed by atoms with van der Waals surface area (Å²) in [6, 6.07) is 6.66. The minimum atomic E-state index is -3.77. The van der Waals surface area contributed by atoms with E-state index in [1.807, 2.05) is 6.92 Å². The van der Waals surface area contributed by atoms with E-state index >= 15 is 0 Å². The van der Waals surface area contributed by atoms with Crippen molar-refractivity contribution in [2.75, 3.05) is 0 Å². The fraction of sp³-hybridized carbons (Fsp3) is 0.526. The van der Waals surface area contributed by atoms with Crippen LogP contribution in [0.1, 0.15) is 44.1 Å². The second-order valence-electron chi connectivity index (χ2n) is 7.04. The molecule has 0 aromatic heterocycles. The van der Waals surface area contributed by atoms with Gasteiger partial charge < -0.3 is 0 Å². The van der Waals surface area contributed by atoms with E-state index in [1.54, 1.807) is 30.3 Å². The molecule has 1 aliphatic heterocycles. The number of hydrogen-bond donors (Lipinski definition) is 0. The Bertz CT molecular complexity index is 774. The molecule has 3 rings (SSSR count). The summed E-state index contributed by atoms with van der Waals surface area (Å²) in [5, 5.41) is 0. The molecule has 0 radical (unpaired) electrons. The van der Waals surface area contributed by atoms with Crippen molar-refractivity contribution in [1.82, 2.24) is 4.31 Å². The first-order chi connectivity index (χ1) is 11.8. The average molecular weight is 426 g/mol. The highest BCUT2D eigenvalue weighted by Gasteiger charge is 2.59. The van der Waals surface area contributed by atoms with Crippen LogP contribution >= 0.6 is 15.9 Å². The fourth-order valence-electron chi connectivity index (χ4n) is 4.24. The zero-order valence-corrected chi connectivity index (χ0v) is 16.9. The van der Waals surface area contributed by atoms with Crippen LogP contribution in [0.2, 0.25) is 0 Å². The van der Waals surface area contributed by atoms with Gasteiger partial charge >= 0.3 is 0 Å². The summed E-state index contributed by atoms with van der Waals surface area (Å²) in [6.45, 7) is 5.72. The number of piperidine rings is 1. The predicted molar refractivity (Wildman–Crippen MR) is 102 cm³/mol. The summed E-state index contributed by atoms with van der Waals surface area (Å²) in [4.78, 5) is 13.0. The SMILES string of the molecule is C=CC[C@@H]1CC[C@@H](Br)[C@]2(CCCC2=O)N1S(=O)(=O)c1ccc(C)cc1. The second-order valence-corrected chi connectivity index (χ2v) is 9.96. The molecule has 1 saturated carbocycles. The number of carbonyl (C=O) groups excluding carboxylic acids is 1. The minimum absolute atomic E-state index is 0.0406. The summed E-state index contributed by atoms with van der Waals surface area (Å²) in [6.07, 6.45) is 5.60. The molecule has 3 atom stereocenters. The normalized spacial score (nSPS) is 30.7. The maximum absolute atomic E-state index is 13.6. The Hall–Kier alpha value is -0.980. The number of sulfonamides is 1. The fourth-order valence-corrected chi connectivity index (χ4v) is 7.38. The van der Waals surface area contributed by atoms with Crippen LogP contribution in [0.25, 0.3) is 0 Å². The number of aryl methyl sites for hydroxylation is 1. The highest BCUT2D eigenvalue weighted by Crippen LogP contribution is 2.48. The molecular weight excluding hydrogens is 402 g/mol. The summed E-state index contributed by atoms with van der Waals surface area (Å²) >= 11 is 3.66. The minimum Gasteiger partial charge on any atom is -0.298 e. The lowest BCUT2D eigenvalue weighted by molar-refractivity contribution is -0.127. The van der Waals surface area contributed by atoms with Crippen molar-refractivity contribution in [3.8, 4) is 0 Å². The van der Waals surface area contributed by atoms with Crippen LogP contribution in [0.3, 0.4) is 0 Å². The molecule has 0 amide bonds. The predicted octanol–water partition coefficient (Wildman–Crippen LogP) is 3.98.